The lowest BCUT2D eigenvalue weighted by Gasteiger charge is -2.27. The number of likely N-dealkylation sites (N-methyl/N-ethyl adjacent to an activating group) is 1. The van der Waals surface area contributed by atoms with Crippen LogP contribution in [-0.2, 0) is 13.0 Å². The van der Waals surface area contributed by atoms with E-state index in [0.29, 0.717) is 11.6 Å². The molecule has 2 aromatic heterocycles. The summed E-state index contributed by atoms with van der Waals surface area (Å²) in [5.74, 6) is 1.00. The molecule has 28 heavy (non-hydrogen) atoms. The Balaban J connectivity index is 1.64. The Kier molecular flexibility index (Phi) is 3.87. The van der Waals surface area contributed by atoms with Crippen LogP contribution in [0.1, 0.15) is 16.7 Å². The maximum absolute atomic E-state index is 6.18. The van der Waals surface area contributed by atoms with Crippen LogP contribution in [0.5, 0.6) is 0 Å². The summed E-state index contributed by atoms with van der Waals surface area (Å²) in [5.41, 5.74) is 14.1. The van der Waals surface area contributed by atoms with Gasteiger partial charge in [0.15, 0.2) is 11.6 Å². The molecule has 6 nitrogen and oxygen atoms in total. The minimum atomic E-state index is 0.390. The second kappa shape index (κ2) is 6.42. The maximum Gasteiger partial charge on any atom is 0.182 e. The van der Waals surface area contributed by atoms with Crippen molar-refractivity contribution in [3.63, 3.8) is 0 Å². The highest BCUT2D eigenvalue weighted by atomic mass is 15.1. The highest BCUT2D eigenvalue weighted by Crippen LogP contribution is 2.29. The van der Waals surface area contributed by atoms with E-state index in [1.165, 1.54) is 16.7 Å². The fraction of sp³-hybridized carbons (Fsp3) is 0.227. The van der Waals surface area contributed by atoms with Gasteiger partial charge in [0.1, 0.15) is 6.33 Å². The summed E-state index contributed by atoms with van der Waals surface area (Å²) >= 11 is 0. The lowest BCUT2D eigenvalue weighted by Crippen LogP contribution is -2.27. The minimum absolute atomic E-state index is 0.390. The molecule has 5 rings (SSSR count). The van der Waals surface area contributed by atoms with Crippen LogP contribution in [0, 0.1) is 6.92 Å². The molecule has 4 aromatic rings. The minimum Gasteiger partial charge on any atom is -0.381 e. The second-order valence-electron chi connectivity index (χ2n) is 7.49. The highest BCUT2D eigenvalue weighted by Gasteiger charge is 2.18. The van der Waals surface area contributed by atoms with Gasteiger partial charge < -0.3 is 10.6 Å². The molecule has 0 saturated heterocycles. The number of hydrogen-bond donors (Lipinski definition) is 1. The maximum atomic E-state index is 6.18. The van der Waals surface area contributed by atoms with Gasteiger partial charge in [-0.1, -0.05) is 12.1 Å². The van der Waals surface area contributed by atoms with E-state index in [-0.39, 0.29) is 0 Å². The van der Waals surface area contributed by atoms with Crippen LogP contribution in [0.25, 0.3) is 28.1 Å². The average Bonchev–Trinajstić information content (AvgIpc) is 3.12. The summed E-state index contributed by atoms with van der Waals surface area (Å²) < 4.78 is 1.90. The Morgan fingerprint density at radius 2 is 1.96 bits per heavy atom. The van der Waals surface area contributed by atoms with E-state index in [4.69, 9.17) is 10.7 Å². The van der Waals surface area contributed by atoms with Crippen molar-refractivity contribution in [2.45, 2.75) is 19.9 Å². The number of benzene rings is 2. The first-order chi connectivity index (χ1) is 13.6. The van der Waals surface area contributed by atoms with Crippen LogP contribution in [-0.4, -0.2) is 38.0 Å². The second-order valence-corrected chi connectivity index (χ2v) is 7.49. The first-order valence-corrected chi connectivity index (χ1v) is 9.46. The summed E-state index contributed by atoms with van der Waals surface area (Å²) in [5, 5.41) is 0. The number of nitrogens with zero attached hydrogens (tertiary/aromatic N) is 5. The number of imidazole rings is 1. The SMILES string of the molecule is Cc1cc(-c2cnc(N)c(-n3cnc4ccccc43)n2)cc2c1CCN(C)C2. The molecule has 140 valence electrons. The first-order valence-electron chi connectivity index (χ1n) is 9.46. The van der Waals surface area contributed by atoms with E-state index in [9.17, 15) is 0 Å². The zero-order valence-electron chi connectivity index (χ0n) is 16.1. The quantitative estimate of drug-likeness (QED) is 0.586. The van der Waals surface area contributed by atoms with Gasteiger partial charge in [0, 0.05) is 18.7 Å². The number of fused-ring (bicyclic) bond motifs is 2. The van der Waals surface area contributed by atoms with Crippen LogP contribution in [0.15, 0.2) is 48.9 Å². The number of nitrogen functional groups attached to an aromatic ring is 1. The molecule has 2 N–H and O–H groups in total. The zero-order valence-corrected chi connectivity index (χ0v) is 16.1. The molecule has 0 bridgehead atoms. The lowest BCUT2D eigenvalue weighted by molar-refractivity contribution is 0.312. The topological polar surface area (TPSA) is 72.9 Å². The predicted molar refractivity (Wildman–Crippen MR) is 111 cm³/mol. The molecule has 2 aromatic carbocycles. The van der Waals surface area contributed by atoms with Crippen LogP contribution in [0.2, 0.25) is 0 Å². The molecular formula is C22H22N6. The largest absolute Gasteiger partial charge is 0.381 e. The fourth-order valence-electron chi connectivity index (χ4n) is 4.04. The third-order valence-electron chi connectivity index (χ3n) is 5.51. The molecule has 0 fully saturated rings. The molecular weight excluding hydrogens is 348 g/mol. The van der Waals surface area contributed by atoms with Crippen molar-refractivity contribution in [3.05, 3.63) is 65.6 Å². The van der Waals surface area contributed by atoms with Gasteiger partial charge in [0.05, 0.1) is 22.9 Å². The van der Waals surface area contributed by atoms with Gasteiger partial charge in [-0.05, 0) is 61.3 Å². The Bertz CT molecular complexity index is 1190. The number of rotatable bonds is 2. The molecule has 1 aliphatic rings. The fourth-order valence-corrected chi connectivity index (χ4v) is 4.04. The average molecular weight is 370 g/mol. The monoisotopic (exact) mass is 370 g/mol. The van der Waals surface area contributed by atoms with E-state index in [1.807, 2.05) is 28.8 Å². The van der Waals surface area contributed by atoms with Crippen LogP contribution >= 0.6 is 0 Å². The van der Waals surface area contributed by atoms with Crippen LogP contribution < -0.4 is 5.73 Å². The zero-order chi connectivity index (χ0) is 19.3. The van der Waals surface area contributed by atoms with Crippen molar-refractivity contribution in [1.82, 2.24) is 24.4 Å². The standard InChI is InChI=1S/C22H22N6/c1-14-9-15(10-16-12-27(2)8-7-17(14)16)19-11-24-21(23)22(26-19)28-13-25-18-5-3-4-6-20(18)28/h3-6,9-11,13H,7-8,12H2,1-2H3,(H2,23,24). The van der Waals surface area contributed by atoms with E-state index in [2.05, 4.69) is 41.0 Å². The Morgan fingerprint density at radius 3 is 2.86 bits per heavy atom. The third-order valence-corrected chi connectivity index (χ3v) is 5.51. The summed E-state index contributed by atoms with van der Waals surface area (Å²) in [6.07, 6.45) is 4.60. The molecule has 0 radical (unpaired) electrons. The smallest absolute Gasteiger partial charge is 0.182 e. The van der Waals surface area contributed by atoms with Crippen molar-refractivity contribution in [3.8, 4) is 17.1 Å². The number of nitrogens with two attached hydrogens (primary N) is 1. The van der Waals surface area contributed by atoms with Gasteiger partial charge in [-0.15, -0.1) is 0 Å². The van der Waals surface area contributed by atoms with Gasteiger partial charge in [0.2, 0.25) is 0 Å². The van der Waals surface area contributed by atoms with Crippen molar-refractivity contribution >= 4 is 16.9 Å². The van der Waals surface area contributed by atoms with Gasteiger partial charge >= 0.3 is 0 Å². The number of anilines is 1. The molecule has 3 heterocycles. The van der Waals surface area contributed by atoms with Crippen molar-refractivity contribution in [2.75, 3.05) is 19.3 Å². The molecule has 0 atom stereocenters. The number of aryl methyl sites for hydroxylation is 1. The third kappa shape index (κ3) is 2.73. The predicted octanol–water partition coefficient (Wildman–Crippen LogP) is 3.36. The summed E-state index contributed by atoms with van der Waals surface area (Å²) in [4.78, 5) is 16.1. The van der Waals surface area contributed by atoms with Crippen LogP contribution in [0.4, 0.5) is 5.82 Å². The number of hydrogen-bond acceptors (Lipinski definition) is 5. The molecule has 1 aliphatic heterocycles. The number of aromatic nitrogens is 4. The molecule has 0 spiro atoms. The van der Waals surface area contributed by atoms with Crippen molar-refractivity contribution < 1.29 is 0 Å². The molecule has 6 heteroatoms. The van der Waals surface area contributed by atoms with Crippen LogP contribution in [0.3, 0.4) is 0 Å². The first kappa shape index (κ1) is 16.9. The highest BCUT2D eigenvalue weighted by molar-refractivity contribution is 5.78. The Morgan fingerprint density at radius 1 is 1.11 bits per heavy atom. The van der Waals surface area contributed by atoms with E-state index < -0.39 is 0 Å². The summed E-state index contributed by atoms with van der Waals surface area (Å²) in [6.45, 7) is 4.25. The molecule has 0 saturated carbocycles. The van der Waals surface area contributed by atoms with E-state index >= 15 is 0 Å². The van der Waals surface area contributed by atoms with Crippen molar-refractivity contribution in [1.29, 1.82) is 0 Å². The molecule has 0 aliphatic carbocycles. The van der Waals surface area contributed by atoms with Gasteiger partial charge in [0.25, 0.3) is 0 Å². The molecule has 0 amide bonds. The Hall–Kier alpha value is -3.25. The van der Waals surface area contributed by atoms with E-state index in [1.54, 1.807) is 12.5 Å². The summed E-state index contributed by atoms with van der Waals surface area (Å²) in [6, 6.07) is 12.4. The van der Waals surface area contributed by atoms with E-state index in [0.717, 1.165) is 41.8 Å². The van der Waals surface area contributed by atoms with Crippen molar-refractivity contribution in [2.24, 2.45) is 0 Å². The lowest BCUT2D eigenvalue weighted by atomic mass is 9.92. The normalized spacial score (nSPS) is 14.4. The van der Waals surface area contributed by atoms with Gasteiger partial charge in [-0.25, -0.2) is 15.0 Å². The molecule has 0 unspecified atom stereocenters. The summed E-state index contributed by atoms with van der Waals surface area (Å²) in [7, 11) is 2.16. The van der Waals surface area contributed by atoms with Gasteiger partial charge in [-0.2, -0.15) is 0 Å². The van der Waals surface area contributed by atoms with Gasteiger partial charge in [-0.3, -0.25) is 4.57 Å². The Labute approximate surface area is 163 Å². The number of para-hydroxylation sites is 2.